The third-order valence-electron chi connectivity index (χ3n) is 5.12. The third-order valence-corrected chi connectivity index (χ3v) is 7.49. The molecule has 0 aliphatic carbocycles. The Balaban J connectivity index is 1.99. The molecule has 0 saturated carbocycles. The fourth-order valence-corrected chi connectivity index (χ4v) is 5.37. The number of thioether (sulfide) groups is 2. The molecule has 1 aliphatic rings. The second kappa shape index (κ2) is 8.85. The molecule has 3 rings (SSSR count). The molecule has 1 aromatic heterocycles. The molecular weight excluding hydrogens is 459 g/mol. The van der Waals surface area contributed by atoms with Gasteiger partial charge in [-0.1, -0.05) is 6.07 Å². The molecule has 2 aromatic rings. The molecule has 168 valence electrons. The first kappa shape index (κ1) is 23.6. The molecule has 0 unspecified atom stereocenters. The molecule has 2 heterocycles. The Bertz CT molecular complexity index is 971. The van der Waals surface area contributed by atoms with Gasteiger partial charge in [0.1, 0.15) is 4.75 Å². The van der Waals surface area contributed by atoms with Crippen LogP contribution in [0.3, 0.4) is 0 Å². The largest absolute Gasteiger partial charge is 0.493 e. The molecular formula is C20H19F5N2O2S2. The number of carbonyl (C=O) groups excluding carboxylic acids is 1. The minimum Gasteiger partial charge on any atom is -0.493 e. The van der Waals surface area contributed by atoms with E-state index in [-0.39, 0.29) is 5.56 Å². The van der Waals surface area contributed by atoms with E-state index in [1.54, 1.807) is 12.1 Å². The predicted octanol–water partition coefficient (Wildman–Crippen LogP) is 5.64. The highest BCUT2D eigenvalue weighted by atomic mass is 32.2. The Labute approximate surface area is 184 Å². The van der Waals surface area contributed by atoms with Crippen molar-refractivity contribution in [3.63, 3.8) is 0 Å². The van der Waals surface area contributed by atoms with Crippen LogP contribution in [0.2, 0.25) is 0 Å². The Morgan fingerprint density at radius 1 is 1.29 bits per heavy atom. The number of pyridine rings is 1. The topological polar surface area (TPSA) is 51.2 Å². The standard InChI is InChI=1S/C20H19F5N2O2S2/c1-19(20(23,24)25)8-12(11-5-6-13(21)15(22)16(11)29-2)17(31-19)18(28)27-10-4-7-14(30-3)26-9-10/h4-7,9,12,17H,8H2,1-3H3,(H,27,28)/t12-,17+,19+/m0/s1. The van der Waals surface area contributed by atoms with E-state index in [0.717, 1.165) is 20.1 Å². The number of nitrogens with zero attached hydrogens (tertiary/aromatic N) is 1. The number of methoxy groups -OCH3 is 1. The molecule has 0 bridgehead atoms. The smallest absolute Gasteiger partial charge is 0.403 e. The van der Waals surface area contributed by atoms with Crippen LogP contribution in [0, 0.1) is 11.6 Å². The number of nitrogens with one attached hydrogen (secondary N) is 1. The van der Waals surface area contributed by atoms with E-state index >= 15 is 0 Å². The lowest BCUT2D eigenvalue weighted by Crippen LogP contribution is -2.37. The highest BCUT2D eigenvalue weighted by molar-refractivity contribution is 8.02. The maximum Gasteiger partial charge on any atom is 0.403 e. The molecule has 4 nitrogen and oxygen atoms in total. The maximum atomic E-state index is 14.2. The first-order chi connectivity index (χ1) is 14.5. The van der Waals surface area contributed by atoms with Crippen LogP contribution >= 0.6 is 23.5 Å². The Morgan fingerprint density at radius 2 is 2.00 bits per heavy atom. The molecule has 1 aromatic carbocycles. The number of carbonyl (C=O) groups is 1. The van der Waals surface area contributed by atoms with Crippen molar-refractivity contribution in [1.82, 2.24) is 4.98 Å². The molecule has 0 radical (unpaired) electrons. The van der Waals surface area contributed by atoms with E-state index in [1.807, 2.05) is 6.26 Å². The van der Waals surface area contributed by atoms with Gasteiger partial charge in [0, 0.05) is 11.5 Å². The fourth-order valence-electron chi connectivity index (χ4n) is 3.46. The van der Waals surface area contributed by atoms with Gasteiger partial charge in [0.25, 0.3) is 0 Å². The van der Waals surface area contributed by atoms with Crippen LogP contribution in [0.1, 0.15) is 24.8 Å². The van der Waals surface area contributed by atoms with Crippen molar-refractivity contribution in [2.45, 2.75) is 40.5 Å². The maximum absolute atomic E-state index is 14.2. The first-order valence-corrected chi connectivity index (χ1v) is 11.2. The monoisotopic (exact) mass is 478 g/mol. The van der Waals surface area contributed by atoms with E-state index in [1.165, 1.54) is 24.0 Å². The zero-order chi connectivity index (χ0) is 23.0. The Morgan fingerprint density at radius 3 is 2.55 bits per heavy atom. The van der Waals surface area contributed by atoms with Crippen LogP contribution in [0.25, 0.3) is 0 Å². The minimum atomic E-state index is -4.61. The lowest BCUT2D eigenvalue weighted by atomic mass is 9.85. The average molecular weight is 479 g/mol. The number of hydrogen-bond acceptors (Lipinski definition) is 5. The summed E-state index contributed by atoms with van der Waals surface area (Å²) in [5.41, 5.74) is 0.331. The molecule has 1 fully saturated rings. The molecule has 31 heavy (non-hydrogen) atoms. The molecule has 0 spiro atoms. The van der Waals surface area contributed by atoms with Crippen molar-refractivity contribution < 1.29 is 31.5 Å². The summed E-state index contributed by atoms with van der Waals surface area (Å²) in [7, 11) is 1.10. The highest BCUT2D eigenvalue weighted by Gasteiger charge is 2.60. The lowest BCUT2D eigenvalue weighted by Gasteiger charge is -2.26. The van der Waals surface area contributed by atoms with Gasteiger partial charge < -0.3 is 10.1 Å². The zero-order valence-corrected chi connectivity index (χ0v) is 18.4. The van der Waals surface area contributed by atoms with Crippen LogP contribution in [-0.4, -0.2) is 40.4 Å². The van der Waals surface area contributed by atoms with Crippen molar-refractivity contribution in [3.05, 3.63) is 47.7 Å². The predicted molar refractivity (Wildman–Crippen MR) is 111 cm³/mol. The summed E-state index contributed by atoms with van der Waals surface area (Å²) in [6.07, 6.45) is -1.88. The number of anilines is 1. The number of amides is 1. The van der Waals surface area contributed by atoms with Gasteiger partial charge in [0.15, 0.2) is 11.6 Å². The van der Waals surface area contributed by atoms with Gasteiger partial charge in [-0.15, -0.1) is 23.5 Å². The number of alkyl halides is 3. The Kier molecular flexibility index (Phi) is 6.75. The second-order valence-corrected chi connectivity index (χ2v) is 9.61. The van der Waals surface area contributed by atoms with Crippen LogP contribution in [0.15, 0.2) is 35.5 Å². The van der Waals surface area contributed by atoms with Gasteiger partial charge in [-0.3, -0.25) is 4.79 Å². The van der Waals surface area contributed by atoms with Gasteiger partial charge in [-0.25, -0.2) is 9.37 Å². The summed E-state index contributed by atoms with van der Waals surface area (Å²) < 4.78 is 71.9. The average Bonchev–Trinajstić information content (AvgIpc) is 3.09. The fraction of sp³-hybridized carbons (Fsp3) is 0.400. The van der Waals surface area contributed by atoms with E-state index < -0.39 is 51.8 Å². The lowest BCUT2D eigenvalue weighted by molar-refractivity contribution is -0.155. The number of aromatic nitrogens is 1. The van der Waals surface area contributed by atoms with E-state index in [9.17, 15) is 26.7 Å². The molecule has 1 amide bonds. The van der Waals surface area contributed by atoms with Gasteiger partial charge in [-0.05, 0) is 37.8 Å². The summed E-state index contributed by atoms with van der Waals surface area (Å²) in [6.45, 7) is 0.999. The van der Waals surface area contributed by atoms with Gasteiger partial charge >= 0.3 is 6.18 Å². The summed E-state index contributed by atoms with van der Waals surface area (Å²) >= 11 is 1.85. The quantitative estimate of drug-likeness (QED) is 0.445. The van der Waals surface area contributed by atoms with Crippen molar-refractivity contribution in [1.29, 1.82) is 0 Å². The van der Waals surface area contributed by atoms with Gasteiger partial charge in [0.05, 0.1) is 29.3 Å². The summed E-state index contributed by atoms with van der Waals surface area (Å²) in [5, 5.41) is 2.07. The molecule has 3 atom stereocenters. The van der Waals surface area contributed by atoms with Crippen molar-refractivity contribution in [3.8, 4) is 5.75 Å². The summed E-state index contributed by atoms with van der Waals surface area (Å²) in [5.74, 6) is -4.73. The van der Waals surface area contributed by atoms with E-state index in [2.05, 4.69) is 10.3 Å². The number of hydrogen-bond donors (Lipinski definition) is 1. The van der Waals surface area contributed by atoms with E-state index in [0.29, 0.717) is 22.5 Å². The molecule has 1 saturated heterocycles. The minimum absolute atomic E-state index is 0.0119. The molecule has 1 N–H and O–H groups in total. The van der Waals surface area contributed by atoms with Crippen LogP contribution in [0.4, 0.5) is 27.6 Å². The normalized spacial score (nSPS) is 23.6. The Hall–Kier alpha value is -2.01. The number of benzene rings is 1. The van der Waals surface area contributed by atoms with Crippen LogP contribution in [-0.2, 0) is 4.79 Å². The van der Waals surface area contributed by atoms with Gasteiger partial charge in [-0.2, -0.15) is 17.6 Å². The molecule has 1 aliphatic heterocycles. The SMILES string of the molecule is COc1c([C@@H]2C[C@](C)(C(F)(F)F)S[C@H]2C(=O)Nc2ccc(SC)nc2)ccc(F)c1F. The first-order valence-electron chi connectivity index (χ1n) is 9.08. The molecule has 11 heteroatoms. The van der Waals surface area contributed by atoms with Crippen molar-refractivity contribution in [2.24, 2.45) is 0 Å². The van der Waals surface area contributed by atoms with Gasteiger partial charge in [0.2, 0.25) is 11.7 Å². The summed E-state index contributed by atoms with van der Waals surface area (Å²) in [6, 6.07) is 5.24. The summed E-state index contributed by atoms with van der Waals surface area (Å²) in [4.78, 5) is 17.1. The zero-order valence-electron chi connectivity index (χ0n) is 16.7. The number of rotatable bonds is 5. The second-order valence-electron chi connectivity index (χ2n) is 7.14. The van der Waals surface area contributed by atoms with Crippen molar-refractivity contribution >= 4 is 35.1 Å². The van der Waals surface area contributed by atoms with Crippen LogP contribution in [0.5, 0.6) is 5.75 Å². The third kappa shape index (κ3) is 4.62. The van der Waals surface area contributed by atoms with E-state index in [4.69, 9.17) is 4.74 Å². The van der Waals surface area contributed by atoms with Crippen LogP contribution < -0.4 is 10.1 Å². The number of halogens is 5. The van der Waals surface area contributed by atoms with Crippen molar-refractivity contribution in [2.75, 3.05) is 18.7 Å². The highest BCUT2D eigenvalue weighted by Crippen LogP contribution is 2.59. The number of ether oxygens (including phenoxy) is 1.